The lowest BCUT2D eigenvalue weighted by Gasteiger charge is -2.33. The standard InChI is InChI=1S/C20H22N2O4S/c1-14(23)21-11-4-5-15-13-16(8-9-18(15)21)27(25,26)22-12-10-20(24)17-6-2-3-7-19(17)22/h2-3,6-9,13,20,24H,4-5,10-12H2,1H3. The van der Waals surface area contributed by atoms with E-state index in [1.807, 2.05) is 0 Å². The van der Waals surface area contributed by atoms with Crippen molar-refractivity contribution in [2.75, 3.05) is 22.3 Å². The molecule has 2 aromatic carbocycles. The highest BCUT2D eigenvalue weighted by atomic mass is 32.2. The van der Waals surface area contributed by atoms with Crippen LogP contribution in [0.3, 0.4) is 0 Å². The molecule has 6 nitrogen and oxygen atoms in total. The van der Waals surface area contributed by atoms with Crippen LogP contribution in [0.4, 0.5) is 11.4 Å². The third-order valence-electron chi connectivity index (χ3n) is 5.31. The Balaban J connectivity index is 1.76. The topological polar surface area (TPSA) is 77.9 Å². The summed E-state index contributed by atoms with van der Waals surface area (Å²) in [5, 5.41) is 10.2. The van der Waals surface area contributed by atoms with Gasteiger partial charge in [0.15, 0.2) is 0 Å². The van der Waals surface area contributed by atoms with Gasteiger partial charge in [-0.25, -0.2) is 8.42 Å². The van der Waals surface area contributed by atoms with Gasteiger partial charge in [0, 0.05) is 31.3 Å². The van der Waals surface area contributed by atoms with Crippen molar-refractivity contribution in [3.8, 4) is 0 Å². The summed E-state index contributed by atoms with van der Waals surface area (Å²) in [6.45, 7) is 2.42. The molecule has 1 atom stereocenters. The summed E-state index contributed by atoms with van der Waals surface area (Å²) in [6, 6.07) is 12.1. The maximum atomic E-state index is 13.3. The first-order valence-corrected chi connectivity index (χ1v) is 10.5. The van der Waals surface area contributed by atoms with Crippen molar-refractivity contribution in [3.63, 3.8) is 0 Å². The summed E-state index contributed by atoms with van der Waals surface area (Å²) in [5.74, 6) is -0.0366. The second-order valence-corrected chi connectivity index (χ2v) is 8.87. The molecule has 27 heavy (non-hydrogen) atoms. The van der Waals surface area contributed by atoms with Crippen molar-refractivity contribution >= 4 is 27.3 Å². The fraction of sp³-hybridized carbons (Fsp3) is 0.350. The molecule has 1 amide bonds. The monoisotopic (exact) mass is 386 g/mol. The molecule has 2 aromatic rings. The molecule has 2 aliphatic rings. The lowest BCUT2D eigenvalue weighted by atomic mass is 10.0. The smallest absolute Gasteiger partial charge is 0.264 e. The van der Waals surface area contributed by atoms with Gasteiger partial charge >= 0.3 is 0 Å². The largest absolute Gasteiger partial charge is 0.388 e. The van der Waals surface area contributed by atoms with Crippen molar-refractivity contribution in [2.45, 2.75) is 37.2 Å². The summed E-state index contributed by atoms with van der Waals surface area (Å²) in [7, 11) is -3.75. The highest BCUT2D eigenvalue weighted by Gasteiger charge is 2.33. The SMILES string of the molecule is CC(=O)N1CCCc2cc(S(=O)(=O)N3CCC(O)c4ccccc43)ccc21. The Labute approximate surface area is 159 Å². The average molecular weight is 386 g/mol. The van der Waals surface area contributed by atoms with Gasteiger partial charge in [0.05, 0.1) is 16.7 Å². The van der Waals surface area contributed by atoms with Gasteiger partial charge in [0.2, 0.25) is 5.91 Å². The Morgan fingerprint density at radius 1 is 1.11 bits per heavy atom. The van der Waals surface area contributed by atoms with Crippen molar-refractivity contribution in [1.29, 1.82) is 0 Å². The lowest BCUT2D eigenvalue weighted by molar-refractivity contribution is -0.116. The van der Waals surface area contributed by atoms with Crippen molar-refractivity contribution in [2.24, 2.45) is 0 Å². The minimum absolute atomic E-state index is 0.0366. The van der Waals surface area contributed by atoms with Gasteiger partial charge in [0.25, 0.3) is 10.0 Å². The Bertz CT molecular complexity index is 1000. The number of aryl methyl sites for hydroxylation is 1. The number of hydrogen-bond acceptors (Lipinski definition) is 4. The number of aliphatic hydroxyl groups excluding tert-OH is 1. The lowest BCUT2D eigenvalue weighted by Crippen LogP contribution is -2.37. The van der Waals surface area contributed by atoms with E-state index in [2.05, 4.69) is 0 Å². The molecule has 2 heterocycles. The number of carbonyl (C=O) groups excluding carboxylic acids is 1. The predicted octanol–water partition coefficient (Wildman–Crippen LogP) is 2.62. The molecule has 0 spiro atoms. The molecule has 1 unspecified atom stereocenters. The van der Waals surface area contributed by atoms with E-state index in [0.29, 0.717) is 24.2 Å². The number of anilines is 2. The third kappa shape index (κ3) is 3.00. The van der Waals surface area contributed by atoms with E-state index in [4.69, 9.17) is 0 Å². The molecule has 4 rings (SSSR count). The van der Waals surface area contributed by atoms with Crippen LogP contribution in [0.1, 0.15) is 37.0 Å². The quantitative estimate of drug-likeness (QED) is 0.861. The first-order chi connectivity index (χ1) is 12.9. The molecule has 0 bridgehead atoms. The second-order valence-electron chi connectivity index (χ2n) is 7.01. The van der Waals surface area contributed by atoms with Crippen molar-refractivity contribution in [3.05, 3.63) is 53.6 Å². The molecule has 0 saturated heterocycles. The van der Waals surface area contributed by atoms with Crippen LogP contribution in [0.2, 0.25) is 0 Å². The zero-order chi connectivity index (χ0) is 19.2. The molecular weight excluding hydrogens is 364 g/mol. The van der Waals surface area contributed by atoms with Crippen LogP contribution in [-0.4, -0.2) is 32.5 Å². The van der Waals surface area contributed by atoms with Gasteiger partial charge in [-0.2, -0.15) is 0 Å². The van der Waals surface area contributed by atoms with Crippen LogP contribution in [0.5, 0.6) is 0 Å². The number of benzene rings is 2. The fourth-order valence-electron chi connectivity index (χ4n) is 3.95. The van der Waals surface area contributed by atoms with E-state index < -0.39 is 16.1 Å². The van der Waals surface area contributed by atoms with Crippen LogP contribution in [0.25, 0.3) is 0 Å². The van der Waals surface area contributed by atoms with Crippen LogP contribution < -0.4 is 9.21 Å². The van der Waals surface area contributed by atoms with E-state index in [9.17, 15) is 18.3 Å². The van der Waals surface area contributed by atoms with E-state index in [1.54, 1.807) is 47.4 Å². The highest BCUT2D eigenvalue weighted by Crippen LogP contribution is 2.38. The summed E-state index contributed by atoms with van der Waals surface area (Å²) in [4.78, 5) is 13.8. The third-order valence-corrected chi connectivity index (χ3v) is 7.12. The van der Waals surface area contributed by atoms with E-state index in [-0.39, 0.29) is 17.3 Å². The summed E-state index contributed by atoms with van der Waals surface area (Å²) in [5.41, 5.74) is 2.83. The Hall–Kier alpha value is -2.38. The summed E-state index contributed by atoms with van der Waals surface area (Å²) >= 11 is 0. The number of rotatable bonds is 2. The van der Waals surface area contributed by atoms with Crippen LogP contribution in [0.15, 0.2) is 47.4 Å². The Morgan fingerprint density at radius 3 is 2.67 bits per heavy atom. The number of nitrogens with zero attached hydrogens (tertiary/aromatic N) is 2. The average Bonchev–Trinajstić information content (AvgIpc) is 2.67. The molecule has 1 N–H and O–H groups in total. The molecule has 0 aromatic heterocycles. The number of para-hydroxylation sites is 1. The maximum absolute atomic E-state index is 13.3. The minimum atomic E-state index is -3.75. The number of amides is 1. The number of hydrogen-bond donors (Lipinski definition) is 1. The van der Waals surface area contributed by atoms with Gasteiger partial charge in [-0.1, -0.05) is 18.2 Å². The van der Waals surface area contributed by atoms with Gasteiger partial charge < -0.3 is 10.0 Å². The fourth-order valence-corrected chi connectivity index (χ4v) is 5.51. The first-order valence-electron chi connectivity index (χ1n) is 9.10. The molecule has 2 aliphatic heterocycles. The minimum Gasteiger partial charge on any atom is -0.388 e. The Morgan fingerprint density at radius 2 is 1.89 bits per heavy atom. The number of sulfonamides is 1. The van der Waals surface area contributed by atoms with Crippen molar-refractivity contribution in [1.82, 2.24) is 0 Å². The van der Waals surface area contributed by atoms with Gasteiger partial charge in [-0.3, -0.25) is 9.10 Å². The van der Waals surface area contributed by atoms with Crippen molar-refractivity contribution < 1.29 is 18.3 Å². The first kappa shape index (κ1) is 18.0. The summed E-state index contributed by atoms with van der Waals surface area (Å²) < 4.78 is 28.0. The highest BCUT2D eigenvalue weighted by molar-refractivity contribution is 7.92. The molecule has 0 fully saturated rings. The van der Waals surface area contributed by atoms with Crippen LogP contribution in [-0.2, 0) is 21.2 Å². The maximum Gasteiger partial charge on any atom is 0.264 e. The van der Waals surface area contributed by atoms with Gasteiger partial charge in [0.1, 0.15) is 0 Å². The van der Waals surface area contributed by atoms with Crippen LogP contribution in [0, 0.1) is 0 Å². The molecule has 0 saturated carbocycles. The normalized spacial score (nSPS) is 19.4. The molecule has 7 heteroatoms. The van der Waals surface area contributed by atoms with Gasteiger partial charge in [-0.05, 0) is 49.1 Å². The zero-order valence-corrected chi connectivity index (χ0v) is 15.9. The molecule has 0 radical (unpaired) electrons. The van der Waals surface area contributed by atoms with E-state index in [1.165, 1.54) is 11.2 Å². The zero-order valence-electron chi connectivity index (χ0n) is 15.1. The van der Waals surface area contributed by atoms with E-state index >= 15 is 0 Å². The molecule has 142 valence electrons. The second kappa shape index (κ2) is 6.65. The number of fused-ring (bicyclic) bond motifs is 2. The molecule has 0 aliphatic carbocycles. The number of aliphatic hydroxyl groups is 1. The Kier molecular flexibility index (Phi) is 4.44. The van der Waals surface area contributed by atoms with E-state index in [0.717, 1.165) is 24.1 Å². The predicted molar refractivity (Wildman–Crippen MR) is 103 cm³/mol. The summed E-state index contributed by atoms with van der Waals surface area (Å²) in [6.07, 6.45) is 1.27. The number of carbonyl (C=O) groups is 1. The molecular formula is C20H22N2O4S. The van der Waals surface area contributed by atoms with Crippen LogP contribution >= 0.6 is 0 Å². The van der Waals surface area contributed by atoms with Gasteiger partial charge in [-0.15, -0.1) is 0 Å².